The molecule has 17 heavy (non-hydrogen) atoms. The number of pyridine rings is 1. The highest BCUT2D eigenvalue weighted by Crippen LogP contribution is 2.15. The SMILES string of the molecule is Fc1cncc(CNc2ccc(F)cc2F)c1. The van der Waals surface area contributed by atoms with Crippen molar-refractivity contribution in [3.63, 3.8) is 0 Å². The standard InChI is InChI=1S/C12H9F3N2/c13-9-1-2-12(11(15)4-9)17-6-8-3-10(14)7-16-5-8/h1-5,7,17H,6H2. The molecule has 1 N–H and O–H groups in total. The van der Waals surface area contributed by atoms with E-state index < -0.39 is 17.5 Å². The zero-order chi connectivity index (χ0) is 12.3. The summed E-state index contributed by atoms with van der Waals surface area (Å²) in [4.78, 5) is 3.66. The van der Waals surface area contributed by atoms with Crippen molar-refractivity contribution in [2.24, 2.45) is 0 Å². The fraction of sp³-hybridized carbons (Fsp3) is 0.0833. The summed E-state index contributed by atoms with van der Waals surface area (Å²) in [5.41, 5.74) is 0.740. The topological polar surface area (TPSA) is 24.9 Å². The third-order valence-electron chi connectivity index (χ3n) is 2.18. The maximum atomic E-state index is 13.2. The van der Waals surface area contributed by atoms with Gasteiger partial charge < -0.3 is 5.32 Å². The molecule has 2 rings (SSSR count). The van der Waals surface area contributed by atoms with Crippen molar-refractivity contribution in [3.8, 4) is 0 Å². The quantitative estimate of drug-likeness (QED) is 0.888. The third-order valence-corrected chi connectivity index (χ3v) is 2.18. The lowest BCUT2D eigenvalue weighted by atomic mass is 10.2. The molecule has 5 heteroatoms. The molecular weight excluding hydrogens is 229 g/mol. The van der Waals surface area contributed by atoms with E-state index in [9.17, 15) is 13.2 Å². The van der Waals surface area contributed by atoms with Gasteiger partial charge in [0.1, 0.15) is 17.5 Å². The Hall–Kier alpha value is -2.04. The molecule has 0 unspecified atom stereocenters. The molecule has 0 saturated carbocycles. The first-order chi connectivity index (χ1) is 8.15. The third kappa shape index (κ3) is 2.96. The molecule has 0 radical (unpaired) electrons. The van der Waals surface area contributed by atoms with Crippen molar-refractivity contribution < 1.29 is 13.2 Å². The highest BCUT2D eigenvalue weighted by atomic mass is 19.1. The Labute approximate surface area is 96.1 Å². The Morgan fingerprint density at radius 2 is 1.82 bits per heavy atom. The van der Waals surface area contributed by atoms with Gasteiger partial charge in [0.15, 0.2) is 0 Å². The summed E-state index contributed by atoms with van der Waals surface area (Å²) < 4.78 is 38.7. The smallest absolute Gasteiger partial charge is 0.149 e. The predicted octanol–water partition coefficient (Wildman–Crippen LogP) is 3.11. The molecule has 0 atom stereocenters. The number of anilines is 1. The minimum atomic E-state index is -0.686. The molecule has 1 heterocycles. The largest absolute Gasteiger partial charge is 0.379 e. The van der Waals surface area contributed by atoms with Crippen LogP contribution < -0.4 is 5.32 Å². The number of nitrogens with one attached hydrogen (secondary N) is 1. The molecule has 2 nitrogen and oxygen atoms in total. The second-order valence-corrected chi connectivity index (χ2v) is 3.49. The van der Waals surface area contributed by atoms with Crippen LogP contribution in [-0.2, 0) is 6.54 Å². The number of hydrogen-bond donors (Lipinski definition) is 1. The van der Waals surface area contributed by atoms with Gasteiger partial charge >= 0.3 is 0 Å². The van der Waals surface area contributed by atoms with Gasteiger partial charge in [0.05, 0.1) is 11.9 Å². The molecule has 0 fully saturated rings. The molecule has 0 amide bonds. The second kappa shape index (κ2) is 4.86. The van der Waals surface area contributed by atoms with E-state index in [1.807, 2.05) is 0 Å². The van der Waals surface area contributed by atoms with Crippen LogP contribution in [0.1, 0.15) is 5.56 Å². The summed E-state index contributed by atoms with van der Waals surface area (Å²) in [6.45, 7) is 0.216. The van der Waals surface area contributed by atoms with Crippen molar-refractivity contribution in [2.75, 3.05) is 5.32 Å². The van der Waals surface area contributed by atoms with E-state index >= 15 is 0 Å². The molecule has 88 valence electrons. The highest BCUT2D eigenvalue weighted by molar-refractivity contribution is 5.45. The summed E-state index contributed by atoms with van der Waals surface area (Å²) in [6.07, 6.45) is 2.56. The van der Waals surface area contributed by atoms with E-state index in [4.69, 9.17) is 0 Å². The van der Waals surface area contributed by atoms with Crippen molar-refractivity contribution in [3.05, 3.63) is 59.7 Å². The Morgan fingerprint density at radius 3 is 2.53 bits per heavy atom. The summed E-state index contributed by atoms with van der Waals surface area (Å²) in [6, 6.07) is 4.51. The average molecular weight is 238 g/mol. The monoisotopic (exact) mass is 238 g/mol. The van der Waals surface area contributed by atoms with Gasteiger partial charge in [0, 0.05) is 18.8 Å². The van der Waals surface area contributed by atoms with Gasteiger partial charge in [-0.2, -0.15) is 0 Å². The van der Waals surface area contributed by atoms with Crippen LogP contribution in [0, 0.1) is 17.5 Å². The van der Waals surface area contributed by atoms with Gasteiger partial charge in [-0.3, -0.25) is 4.98 Å². The molecule has 0 aliphatic heterocycles. The van der Waals surface area contributed by atoms with Crippen LogP contribution in [0.15, 0.2) is 36.7 Å². The van der Waals surface area contributed by atoms with Crippen LogP contribution in [0.5, 0.6) is 0 Å². The molecule has 0 spiro atoms. The van der Waals surface area contributed by atoms with Crippen LogP contribution in [-0.4, -0.2) is 4.98 Å². The first-order valence-electron chi connectivity index (χ1n) is 4.93. The molecular formula is C12H9F3N2. The van der Waals surface area contributed by atoms with Gasteiger partial charge in [-0.15, -0.1) is 0 Å². The maximum absolute atomic E-state index is 13.2. The molecule has 0 aliphatic rings. The van der Waals surface area contributed by atoms with Gasteiger partial charge in [-0.05, 0) is 23.8 Å². The van der Waals surface area contributed by atoms with Crippen molar-refractivity contribution in [2.45, 2.75) is 6.54 Å². The fourth-order valence-electron chi connectivity index (χ4n) is 1.38. The average Bonchev–Trinajstić information content (AvgIpc) is 2.28. The summed E-state index contributed by atoms with van der Waals surface area (Å²) in [5, 5.41) is 2.74. The van der Waals surface area contributed by atoms with Crippen molar-refractivity contribution in [1.29, 1.82) is 0 Å². The van der Waals surface area contributed by atoms with E-state index in [-0.39, 0.29) is 12.2 Å². The molecule has 0 aliphatic carbocycles. The fourth-order valence-corrected chi connectivity index (χ4v) is 1.38. The Kier molecular flexibility index (Phi) is 3.27. The van der Waals surface area contributed by atoms with Crippen LogP contribution in [0.2, 0.25) is 0 Å². The van der Waals surface area contributed by atoms with E-state index in [1.165, 1.54) is 18.3 Å². The van der Waals surface area contributed by atoms with Crippen LogP contribution in [0.4, 0.5) is 18.9 Å². The molecule has 1 aromatic carbocycles. The van der Waals surface area contributed by atoms with Crippen LogP contribution >= 0.6 is 0 Å². The van der Waals surface area contributed by atoms with Gasteiger partial charge in [-0.1, -0.05) is 0 Å². The molecule has 1 aromatic heterocycles. The minimum Gasteiger partial charge on any atom is -0.379 e. The highest BCUT2D eigenvalue weighted by Gasteiger charge is 2.03. The maximum Gasteiger partial charge on any atom is 0.149 e. The minimum absolute atomic E-state index is 0.163. The van der Waals surface area contributed by atoms with Gasteiger partial charge in [-0.25, -0.2) is 13.2 Å². The van der Waals surface area contributed by atoms with Gasteiger partial charge in [0.2, 0.25) is 0 Å². The molecule has 0 saturated heterocycles. The number of benzene rings is 1. The molecule has 0 bridgehead atoms. The van der Waals surface area contributed by atoms with Crippen molar-refractivity contribution >= 4 is 5.69 Å². The Balaban J connectivity index is 2.07. The summed E-state index contributed by atoms with van der Waals surface area (Å²) in [5.74, 6) is -1.78. The summed E-state index contributed by atoms with van der Waals surface area (Å²) >= 11 is 0. The van der Waals surface area contributed by atoms with Crippen LogP contribution in [0.25, 0.3) is 0 Å². The Bertz CT molecular complexity index is 529. The number of rotatable bonds is 3. The number of nitrogens with zero attached hydrogens (tertiary/aromatic N) is 1. The number of aromatic nitrogens is 1. The number of hydrogen-bond acceptors (Lipinski definition) is 2. The van der Waals surface area contributed by atoms with E-state index in [2.05, 4.69) is 10.3 Å². The van der Waals surface area contributed by atoms with Crippen LogP contribution in [0.3, 0.4) is 0 Å². The number of halogens is 3. The lowest BCUT2D eigenvalue weighted by Gasteiger charge is -2.07. The predicted molar refractivity (Wildman–Crippen MR) is 57.9 cm³/mol. The van der Waals surface area contributed by atoms with E-state index in [1.54, 1.807) is 0 Å². The molecule has 2 aromatic rings. The van der Waals surface area contributed by atoms with Gasteiger partial charge in [0.25, 0.3) is 0 Å². The normalized spacial score (nSPS) is 10.3. The zero-order valence-corrected chi connectivity index (χ0v) is 8.75. The lowest BCUT2D eigenvalue weighted by Crippen LogP contribution is -2.02. The van der Waals surface area contributed by atoms with Crippen molar-refractivity contribution in [1.82, 2.24) is 4.98 Å². The Morgan fingerprint density at radius 1 is 1.00 bits per heavy atom. The first kappa shape index (κ1) is 11.4. The zero-order valence-electron chi connectivity index (χ0n) is 8.75. The van der Waals surface area contributed by atoms with E-state index in [0.717, 1.165) is 18.3 Å². The summed E-state index contributed by atoms with van der Waals surface area (Å²) in [7, 11) is 0. The second-order valence-electron chi connectivity index (χ2n) is 3.49. The lowest BCUT2D eigenvalue weighted by molar-refractivity contribution is 0.585. The first-order valence-corrected chi connectivity index (χ1v) is 4.93. The van der Waals surface area contributed by atoms with E-state index in [0.29, 0.717) is 5.56 Å².